The number of hydrogen-bond acceptors (Lipinski definition) is 2. The van der Waals surface area contributed by atoms with Crippen LogP contribution in [0.3, 0.4) is 0 Å². The fraction of sp³-hybridized carbons (Fsp3) is 0.143. The first kappa shape index (κ1) is 21.6. The van der Waals surface area contributed by atoms with Crippen molar-refractivity contribution in [3.05, 3.63) is 114 Å². The van der Waals surface area contributed by atoms with Crippen molar-refractivity contribution in [2.75, 3.05) is 0 Å². The van der Waals surface area contributed by atoms with Crippen molar-refractivity contribution >= 4 is 43.6 Å². The third kappa shape index (κ3) is 2.74. The van der Waals surface area contributed by atoms with Crippen LogP contribution in [0.25, 0.3) is 60.4 Å². The fourth-order valence-corrected chi connectivity index (χ4v) is 6.69. The summed E-state index contributed by atoms with van der Waals surface area (Å²) in [6.07, 6.45) is 3.71. The molecule has 0 unspecified atom stereocenters. The Bertz CT molecular complexity index is 2130. The standard InChI is InChI=1S/C35H27N3/c1-20-9-11-30-26(15-20)27-16-21(2)17-29-34(27)38(30)31-12-10-22(19-28(31)35(29,3)4)25-18-23-7-5-13-36-32(23)33-24(25)8-6-14-37-33/h5-19H,1-4H3. The van der Waals surface area contributed by atoms with Gasteiger partial charge in [-0.25, -0.2) is 0 Å². The lowest BCUT2D eigenvalue weighted by Crippen LogP contribution is -2.26. The second-order valence-corrected chi connectivity index (χ2v) is 11.3. The molecule has 3 heteroatoms. The van der Waals surface area contributed by atoms with Gasteiger partial charge in [-0.15, -0.1) is 0 Å². The van der Waals surface area contributed by atoms with Crippen molar-refractivity contribution < 1.29 is 0 Å². The van der Waals surface area contributed by atoms with E-state index in [9.17, 15) is 0 Å². The Morgan fingerprint density at radius 1 is 0.658 bits per heavy atom. The normalized spacial score (nSPS) is 14.0. The molecule has 38 heavy (non-hydrogen) atoms. The summed E-state index contributed by atoms with van der Waals surface area (Å²) in [7, 11) is 0. The van der Waals surface area contributed by atoms with Gasteiger partial charge in [0.25, 0.3) is 0 Å². The number of fused-ring (bicyclic) bond motifs is 8. The van der Waals surface area contributed by atoms with E-state index in [4.69, 9.17) is 4.98 Å². The zero-order chi connectivity index (χ0) is 25.8. The van der Waals surface area contributed by atoms with Crippen LogP contribution < -0.4 is 0 Å². The highest BCUT2D eigenvalue weighted by Crippen LogP contribution is 2.49. The molecule has 0 fully saturated rings. The van der Waals surface area contributed by atoms with E-state index in [1.54, 1.807) is 0 Å². The molecule has 0 amide bonds. The van der Waals surface area contributed by atoms with Crippen LogP contribution in [0.5, 0.6) is 0 Å². The molecule has 182 valence electrons. The van der Waals surface area contributed by atoms with Crippen molar-refractivity contribution in [3.8, 4) is 16.8 Å². The minimum Gasteiger partial charge on any atom is -0.309 e. The molecule has 0 bridgehead atoms. The largest absolute Gasteiger partial charge is 0.309 e. The van der Waals surface area contributed by atoms with Gasteiger partial charge in [-0.05, 0) is 84.6 Å². The highest BCUT2D eigenvalue weighted by molar-refractivity contribution is 6.13. The van der Waals surface area contributed by atoms with Crippen LogP contribution in [0.2, 0.25) is 0 Å². The number of nitrogens with zero attached hydrogens (tertiary/aromatic N) is 3. The molecule has 3 nitrogen and oxygen atoms in total. The third-order valence-corrected chi connectivity index (χ3v) is 8.52. The van der Waals surface area contributed by atoms with Gasteiger partial charge >= 0.3 is 0 Å². The Hall–Kier alpha value is -4.50. The molecular formula is C35H27N3. The van der Waals surface area contributed by atoms with Crippen molar-refractivity contribution in [3.63, 3.8) is 0 Å². The van der Waals surface area contributed by atoms with E-state index in [0.29, 0.717) is 0 Å². The Kier molecular flexibility index (Phi) is 4.14. The number of aryl methyl sites for hydroxylation is 2. The van der Waals surface area contributed by atoms with E-state index in [2.05, 4.69) is 104 Å². The Morgan fingerprint density at radius 3 is 2.32 bits per heavy atom. The topological polar surface area (TPSA) is 30.7 Å². The molecule has 4 aromatic carbocycles. The third-order valence-electron chi connectivity index (χ3n) is 8.52. The number of aromatic nitrogens is 3. The van der Waals surface area contributed by atoms with E-state index in [0.717, 1.165) is 21.8 Å². The quantitative estimate of drug-likeness (QED) is 0.216. The maximum Gasteiger partial charge on any atom is 0.0970 e. The van der Waals surface area contributed by atoms with Crippen LogP contribution in [-0.2, 0) is 5.41 Å². The van der Waals surface area contributed by atoms with Gasteiger partial charge in [0.2, 0.25) is 0 Å². The summed E-state index contributed by atoms with van der Waals surface area (Å²) in [4.78, 5) is 9.40. The van der Waals surface area contributed by atoms with Crippen LogP contribution in [0.15, 0.2) is 91.3 Å². The summed E-state index contributed by atoms with van der Waals surface area (Å²) in [5.74, 6) is 0. The van der Waals surface area contributed by atoms with Crippen molar-refractivity contribution in [1.29, 1.82) is 0 Å². The number of hydrogen-bond donors (Lipinski definition) is 0. The van der Waals surface area contributed by atoms with Crippen LogP contribution in [0.4, 0.5) is 0 Å². The van der Waals surface area contributed by atoms with E-state index in [-0.39, 0.29) is 5.41 Å². The van der Waals surface area contributed by atoms with Crippen LogP contribution in [-0.4, -0.2) is 14.5 Å². The van der Waals surface area contributed by atoms with E-state index in [1.165, 1.54) is 60.9 Å². The Balaban J connectivity index is 1.47. The molecule has 4 heterocycles. The average Bonchev–Trinajstić information content (AvgIpc) is 3.24. The highest BCUT2D eigenvalue weighted by atomic mass is 15.0. The summed E-state index contributed by atoms with van der Waals surface area (Å²) >= 11 is 0. The summed E-state index contributed by atoms with van der Waals surface area (Å²) in [5.41, 5.74) is 13.4. The predicted octanol–water partition coefficient (Wildman–Crippen LogP) is 8.80. The van der Waals surface area contributed by atoms with Crippen molar-refractivity contribution in [2.45, 2.75) is 33.1 Å². The first-order valence-corrected chi connectivity index (χ1v) is 13.3. The zero-order valence-electron chi connectivity index (χ0n) is 22.0. The van der Waals surface area contributed by atoms with Gasteiger partial charge in [-0.2, -0.15) is 0 Å². The van der Waals surface area contributed by atoms with Gasteiger partial charge in [0.05, 0.1) is 27.8 Å². The molecule has 1 aliphatic heterocycles. The second-order valence-electron chi connectivity index (χ2n) is 11.3. The maximum absolute atomic E-state index is 4.74. The molecule has 0 spiro atoms. The van der Waals surface area contributed by atoms with Crippen molar-refractivity contribution in [1.82, 2.24) is 14.5 Å². The Morgan fingerprint density at radius 2 is 1.45 bits per heavy atom. The summed E-state index contributed by atoms with van der Waals surface area (Å²) in [6.45, 7) is 9.15. The van der Waals surface area contributed by atoms with Crippen LogP contribution in [0, 0.1) is 13.8 Å². The monoisotopic (exact) mass is 489 g/mol. The number of pyridine rings is 2. The first-order valence-electron chi connectivity index (χ1n) is 13.3. The molecule has 1 aliphatic rings. The van der Waals surface area contributed by atoms with Gasteiger partial charge in [0.15, 0.2) is 0 Å². The van der Waals surface area contributed by atoms with Gasteiger partial charge in [0, 0.05) is 39.4 Å². The van der Waals surface area contributed by atoms with E-state index < -0.39 is 0 Å². The smallest absolute Gasteiger partial charge is 0.0970 e. The summed E-state index contributed by atoms with van der Waals surface area (Å²) in [6, 6.07) is 29.2. The molecule has 0 aliphatic carbocycles. The highest BCUT2D eigenvalue weighted by Gasteiger charge is 2.35. The molecular weight excluding hydrogens is 462 g/mol. The van der Waals surface area contributed by atoms with Crippen LogP contribution >= 0.6 is 0 Å². The number of rotatable bonds is 1. The minimum absolute atomic E-state index is 0.151. The van der Waals surface area contributed by atoms with Gasteiger partial charge < -0.3 is 4.57 Å². The summed E-state index contributed by atoms with van der Waals surface area (Å²) < 4.78 is 2.49. The molecule has 0 radical (unpaired) electrons. The van der Waals surface area contributed by atoms with Gasteiger partial charge in [-0.1, -0.05) is 55.3 Å². The predicted molar refractivity (Wildman–Crippen MR) is 158 cm³/mol. The molecule has 0 saturated carbocycles. The Labute approximate surface area is 221 Å². The lowest BCUT2D eigenvalue weighted by atomic mass is 9.73. The van der Waals surface area contributed by atoms with Gasteiger partial charge in [-0.3, -0.25) is 9.97 Å². The second kappa shape index (κ2) is 7.29. The molecule has 0 N–H and O–H groups in total. The molecule has 3 aromatic heterocycles. The van der Waals surface area contributed by atoms with Crippen LogP contribution in [0.1, 0.15) is 36.1 Å². The molecule has 0 saturated heterocycles. The van der Waals surface area contributed by atoms with E-state index >= 15 is 0 Å². The molecule has 0 atom stereocenters. The zero-order valence-corrected chi connectivity index (χ0v) is 22.0. The van der Waals surface area contributed by atoms with E-state index in [1.807, 2.05) is 24.5 Å². The molecule has 8 rings (SSSR count). The molecule has 7 aromatic rings. The first-order chi connectivity index (χ1) is 18.4. The number of benzene rings is 4. The average molecular weight is 490 g/mol. The lowest BCUT2D eigenvalue weighted by molar-refractivity contribution is 0.630. The van der Waals surface area contributed by atoms with Gasteiger partial charge in [0.1, 0.15) is 0 Å². The lowest BCUT2D eigenvalue weighted by Gasteiger charge is -2.35. The fourth-order valence-electron chi connectivity index (χ4n) is 6.69. The summed E-state index contributed by atoms with van der Waals surface area (Å²) in [5, 5.41) is 4.92. The maximum atomic E-state index is 4.74. The minimum atomic E-state index is -0.151. The van der Waals surface area contributed by atoms with Crippen molar-refractivity contribution in [2.24, 2.45) is 0 Å². The SMILES string of the molecule is Cc1ccc2c(c1)c1cc(C)cc3c1n2-c1ccc(-c2cc4cccnc4c4ncccc24)cc1C3(C)C.